The van der Waals surface area contributed by atoms with Gasteiger partial charge in [0.25, 0.3) is 0 Å². The number of hydrogen-bond acceptors (Lipinski definition) is 4. The van der Waals surface area contributed by atoms with Gasteiger partial charge in [-0.2, -0.15) is 0 Å². The number of ether oxygens (including phenoxy) is 1. The highest BCUT2D eigenvalue weighted by Crippen LogP contribution is 2.14. The minimum absolute atomic E-state index is 0.127. The van der Waals surface area contributed by atoms with E-state index in [9.17, 15) is 4.79 Å². The molecule has 2 atom stereocenters. The highest BCUT2D eigenvalue weighted by atomic mass is 16.5. The monoisotopic (exact) mass is 225 g/mol. The zero-order valence-electron chi connectivity index (χ0n) is 10.3. The van der Waals surface area contributed by atoms with E-state index in [4.69, 9.17) is 9.15 Å². The van der Waals surface area contributed by atoms with E-state index in [-0.39, 0.29) is 17.9 Å². The van der Waals surface area contributed by atoms with E-state index in [0.29, 0.717) is 0 Å². The van der Waals surface area contributed by atoms with Crippen molar-refractivity contribution >= 4 is 5.97 Å². The van der Waals surface area contributed by atoms with Crippen LogP contribution in [-0.2, 0) is 16.1 Å². The summed E-state index contributed by atoms with van der Waals surface area (Å²) in [5.41, 5.74) is 1.10. The number of esters is 1. The fourth-order valence-electron chi connectivity index (χ4n) is 1.58. The van der Waals surface area contributed by atoms with Crippen molar-refractivity contribution in [3.05, 3.63) is 24.2 Å². The van der Waals surface area contributed by atoms with Gasteiger partial charge in [-0.05, 0) is 20.0 Å². The molecule has 0 fully saturated rings. The Labute approximate surface area is 96.2 Å². The number of carbonyl (C=O) groups excluding carboxylic acids is 1. The Kier molecular flexibility index (Phi) is 4.55. The van der Waals surface area contributed by atoms with Crippen LogP contribution in [0.5, 0.6) is 0 Å². The van der Waals surface area contributed by atoms with Gasteiger partial charge in [-0.1, -0.05) is 6.92 Å². The topological polar surface area (TPSA) is 42.7 Å². The van der Waals surface area contributed by atoms with Crippen molar-refractivity contribution in [2.45, 2.75) is 26.4 Å². The van der Waals surface area contributed by atoms with E-state index in [1.165, 1.54) is 7.11 Å². The largest absolute Gasteiger partial charge is 0.472 e. The number of carbonyl (C=O) groups is 1. The van der Waals surface area contributed by atoms with Crippen molar-refractivity contribution in [3.8, 4) is 0 Å². The minimum Gasteiger partial charge on any atom is -0.472 e. The van der Waals surface area contributed by atoms with Gasteiger partial charge in [-0.15, -0.1) is 0 Å². The average molecular weight is 225 g/mol. The van der Waals surface area contributed by atoms with Gasteiger partial charge >= 0.3 is 5.97 Å². The molecule has 0 amide bonds. The zero-order chi connectivity index (χ0) is 12.1. The summed E-state index contributed by atoms with van der Waals surface area (Å²) in [6.07, 6.45) is 3.36. The molecule has 4 heteroatoms. The molecule has 0 aliphatic carbocycles. The van der Waals surface area contributed by atoms with E-state index >= 15 is 0 Å². The fraction of sp³-hybridized carbons (Fsp3) is 0.583. The predicted octanol–water partition coefficient (Wildman–Crippen LogP) is 1.91. The third-order valence-electron chi connectivity index (χ3n) is 3.00. The van der Waals surface area contributed by atoms with Crippen LogP contribution in [0.3, 0.4) is 0 Å². The van der Waals surface area contributed by atoms with Gasteiger partial charge in [0.1, 0.15) is 0 Å². The van der Waals surface area contributed by atoms with Crippen LogP contribution in [0.4, 0.5) is 0 Å². The Bertz CT molecular complexity index is 321. The lowest BCUT2D eigenvalue weighted by Crippen LogP contribution is -2.37. The molecule has 1 aromatic heterocycles. The van der Waals surface area contributed by atoms with Gasteiger partial charge in [0, 0.05) is 18.2 Å². The summed E-state index contributed by atoms with van der Waals surface area (Å²) in [5, 5.41) is 0. The van der Waals surface area contributed by atoms with Crippen molar-refractivity contribution in [1.29, 1.82) is 0 Å². The first-order chi connectivity index (χ1) is 7.56. The SMILES string of the molecule is COC(=O)C(C)C(C)N(C)Cc1ccoc1. The smallest absolute Gasteiger partial charge is 0.309 e. The second-order valence-electron chi connectivity index (χ2n) is 4.10. The average Bonchev–Trinajstić information content (AvgIpc) is 2.78. The number of methoxy groups -OCH3 is 1. The minimum atomic E-state index is -0.174. The molecule has 0 radical (unpaired) electrons. The molecule has 0 N–H and O–H groups in total. The van der Waals surface area contributed by atoms with E-state index in [2.05, 4.69) is 4.90 Å². The molecular formula is C12H19NO3. The number of furan rings is 1. The highest BCUT2D eigenvalue weighted by Gasteiger charge is 2.24. The molecule has 2 unspecified atom stereocenters. The summed E-state index contributed by atoms with van der Waals surface area (Å²) in [6.45, 7) is 4.66. The molecule has 1 rings (SSSR count). The molecular weight excluding hydrogens is 206 g/mol. The standard InChI is InChI=1S/C12H19NO3/c1-9(12(14)15-4)10(2)13(3)7-11-5-6-16-8-11/h5-6,8-10H,7H2,1-4H3. The molecule has 16 heavy (non-hydrogen) atoms. The zero-order valence-corrected chi connectivity index (χ0v) is 10.3. The third-order valence-corrected chi connectivity index (χ3v) is 3.00. The second kappa shape index (κ2) is 5.70. The summed E-state index contributed by atoms with van der Waals surface area (Å²) in [5.74, 6) is -0.312. The van der Waals surface area contributed by atoms with Gasteiger partial charge in [0.05, 0.1) is 25.6 Å². The highest BCUT2D eigenvalue weighted by molar-refractivity contribution is 5.72. The predicted molar refractivity (Wildman–Crippen MR) is 60.8 cm³/mol. The van der Waals surface area contributed by atoms with E-state index in [0.717, 1.165) is 12.1 Å². The Hall–Kier alpha value is -1.29. The maximum absolute atomic E-state index is 11.4. The first-order valence-electron chi connectivity index (χ1n) is 5.35. The van der Waals surface area contributed by atoms with E-state index in [1.54, 1.807) is 12.5 Å². The Morgan fingerprint density at radius 1 is 1.56 bits per heavy atom. The molecule has 1 heterocycles. The summed E-state index contributed by atoms with van der Waals surface area (Å²) in [4.78, 5) is 13.5. The number of rotatable bonds is 5. The molecule has 0 spiro atoms. The molecule has 0 saturated carbocycles. The van der Waals surface area contributed by atoms with Crippen molar-refractivity contribution < 1.29 is 13.9 Å². The Balaban J connectivity index is 2.53. The quantitative estimate of drug-likeness (QED) is 0.718. The molecule has 90 valence electrons. The van der Waals surface area contributed by atoms with Crippen LogP contribution in [0.2, 0.25) is 0 Å². The van der Waals surface area contributed by atoms with Crippen LogP contribution < -0.4 is 0 Å². The van der Waals surface area contributed by atoms with Crippen molar-refractivity contribution in [1.82, 2.24) is 4.90 Å². The number of nitrogens with zero attached hydrogens (tertiary/aromatic N) is 1. The fourth-order valence-corrected chi connectivity index (χ4v) is 1.58. The first kappa shape index (κ1) is 12.8. The lowest BCUT2D eigenvalue weighted by molar-refractivity contribution is -0.146. The van der Waals surface area contributed by atoms with Crippen molar-refractivity contribution in [2.24, 2.45) is 5.92 Å². The summed E-state index contributed by atoms with van der Waals surface area (Å²) in [6, 6.07) is 2.05. The maximum Gasteiger partial charge on any atom is 0.309 e. The summed E-state index contributed by atoms with van der Waals surface area (Å²) < 4.78 is 9.74. The van der Waals surface area contributed by atoms with Crippen LogP contribution in [0.15, 0.2) is 23.0 Å². The third kappa shape index (κ3) is 3.10. The molecule has 0 aliphatic heterocycles. The van der Waals surface area contributed by atoms with Crippen LogP contribution in [0, 0.1) is 5.92 Å². The van der Waals surface area contributed by atoms with Gasteiger partial charge in [-0.3, -0.25) is 9.69 Å². The van der Waals surface area contributed by atoms with Crippen molar-refractivity contribution in [3.63, 3.8) is 0 Å². The summed E-state index contributed by atoms with van der Waals surface area (Å²) >= 11 is 0. The lowest BCUT2D eigenvalue weighted by atomic mass is 10.0. The molecule has 1 aromatic rings. The van der Waals surface area contributed by atoms with Crippen molar-refractivity contribution in [2.75, 3.05) is 14.2 Å². The molecule has 0 bridgehead atoms. The second-order valence-corrected chi connectivity index (χ2v) is 4.10. The molecule has 0 aromatic carbocycles. The summed E-state index contributed by atoms with van der Waals surface area (Å²) in [7, 11) is 3.40. The van der Waals surface area contributed by atoms with E-state index in [1.807, 2.05) is 27.0 Å². The van der Waals surface area contributed by atoms with Gasteiger partial charge < -0.3 is 9.15 Å². The van der Waals surface area contributed by atoms with E-state index < -0.39 is 0 Å². The normalized spacial score (nSPS) is 14.8. The van der Waals surface area contributed by atoms with Crippen LogP contribution in [0.1, 0.15) is 19.4 Å². The van der Waals surface area contributed by atoms with Gasteiger partial charge in [0.15, 0.2) is 0 Å². The molecule has 0 aliphatic rings. The molecule has 4 nitrogen and oxygen atoms in total. The maximum atomic E-state index is 11.4. The van der Waals surface area contributed by atoms with Crippen LogP contribution in [0.25, 0.3) is 0 Å². The van der Waals surface area contributed by atoms with Crippen LogP contribution in [-0.4, -0.2) is 31.1 Å². The van der Waals surface area contributed by atoms with Crippen LogP contribution >= 0.6 is 0 Å². The number of hydrogen-bond donors (Lipinski definition) is 0. The van der Waals surface area contributed by atoms with Gasteiger partial charge in [-0.25, -0.2) is 0 Å². The Morgan fingerprint density at radius 3 is 2.75 bits per heavy atom. The first-order valence-corrected chi connectivity index (χ1v) is 5.35. The lowest BCUT2D eigenvalue weighted by Gasteiger charge is -2.27. The van der Waals surface area contributed by atoms with Gasteiger partial charge in [0.2, 0.25) is 0 Å². The molecule has 0 saturated heterocycles. The Morgan fingerprint density at radius 2 is 2.25 bits per heavy atom.